The van der Waals surface area contributed by atoms with Gasteiger partial charge in [0.25, 0.3) is 10.0 Å². The number of nitrogens with one attached hydrogen (secondary N) is 1. The highest BCUT2D eigenvalue weighted by atomic mass is 79.9. The number of aromatic nitrogens is 1. The summed E-state index contributed by atoms with van der Waals surface area (Å²) in [6, 6.07) is 6.69. The fraction of sp³-hybridized carbons (Fsp3) is 0.182. The maximum absolute atomic E-state index is 12.1. The first-order chi connectivity index (χ1) is 8.88. The molecule has 0 unspecified atom stereocenters. The molecular weight excluding hydrogens is 350 g/mol. The van der Waals surface area contributed by atoms with Gasteiger partial charge >= 0.3 is 0 Å². The molecule has 0 saturated heterocycles. The molecule has 2 rings (SSSR count). The second-order valence-electron chi connectivity index (χ2n) is 3.96. The first-order valence-corrected chi connectivity index (χ1v) is 8.39. The van der Waals surface area contributed by atoms with Crippen LogP contribution in [0.5, 0.6) is 0 Å². The van der Waals surface area contributed by atoms with Gasteiger partial charge in [-0.25, -0.2) is 13.4 Å². The van der Waals surface area contributed by atoms with Crippen LogP contribution in [0.25, 0.3) is 0 Å². The summed E-state index contributed by atoms with van der Waals surface area (Å²) in [5.41, 5.74) is 0.440. The van der Waals surface area contributed by atoms with E-state index in [9.17, 15) is 8.42 Å². The minimum absolute atomic E-state index is 0.260. The molecule has 0 aromatic carbocycles. The van der Waals surface area contributed by atoms with Crippen molar-refractivity contribution in [1.82, 2.24) is 4.98 Å². The molecule has 102 valence electrons. The minimum atomic E-state index is -3.54. The lowest BCUT2D eigenvalue weighted by molar-refractivity contribution is 0.603. The minimum Gasteiger partial charge on any atom is -0.363 e. The Kier molecular flexibility index (Phi) is 4.12. The van der Waals surface area contributed by atoms with E-state index in [1.165, 1.54) is 6.20 Å². The second-order valence-corrected chi connectivity index (χ2v) is 8.34. The van der Waals surface area contributed by atoms with E-state index >= 15 is 0 Å². The fourth-order valence-corrected chi connectivity index (χ4v) is 4.41. The van der Waals surface area contributed by atoms with Crippen LogP contribution in [0.2, 0.25) is 0 Å². The Morgan fingerprint density at radius 1 is 1.26 bits per heavy atom. The molecule has 2 aromatic heterocycles. The maximum Gasteiger partial charge on any atom is 0.271 e. The predicted molar refractivity (Wildman–Crippen MR) is 81.4 cm³/mol. The van der Waals surface area contributed by atoms with Crippen molar-refractivity contribution >= 4 is 48.8 Å². The number of hydrogen-bond acceptors (Lipinski definition) is 5. The van der Waals surface area contributed by atoms with Crippen LogP contribution in [-0.4, -0.2) is 27.5 Å². The number of hydrogen-bond donors (Lipinski definition) is 1. The van der Waals surface area contributed by atoms with E-state index in [0.717, 1.165) is 20.9 Å². The standard InChI is InChI=1S/C11H12BrN3O2S2/c1-15(2)10-5-3-8(7-13-10)14-19(16,17)11-6-4-9(12)18-11/h3-7,14H,1-2H3. The summed E-state index contributed by atoms with van der Waals surface area (Å²) in [5.74, 6) is 0.766. The second kappa shape index (κ2) is 5.48. The quantitative estimate of drug-likeness (QED) is 0.909. The molecule has 0 atom stereocenters. The highest BCUT2D eigenvalue weighted by molar-refractivity contribution is 9.11. The van der Waals surface area contributed by atoms with Crippen molar-refractivity contribution < 1.29 is 8.42 Å². The summed E-state index contributed by atoms with van der Waals surface area (Å²) in [6.45, 7) is 0. The molecule has 0 aliphatic carbocycles. The number of sulfonamides is 1. The largest absolute Gasteiger partial charge is 0.363 e. The van der Waals surface area contributed by atoms with Gasteiger partial charge in [-0.15, -0.1) is 11.3 Å². The van der Waals surface area contributed by atoms with Crippen molar-refractivity contribution in [3.8, 4) is 0 Å². The number of nitrogens with zero attached hydrogens (tertiary/aromatic N) is 2. The molecule has 0 bridgehead atoms. The van der Waals surface area contributed by atoms with E-state index in [-0.39, 0.29) is 4.21 Å². The van der Waals surface area contributed by atoms with Crippen LogP contribution in [0, 0.1) is 0 Å². The van der Waals surface area contributed by atoms with Gasteiger partial charge < -0.3 is 4.90 Å². The van der Waals surface area contributed by atoms with Crippen molar-refractivity contribution in [1.29, 1.82) is 0 Å². The van der Waals surface area contributed by atoms with Crippen molar-refractivity contribution in [3.63, 3.8) is 0 Å². The fourth-order valence-electron chi connectivity index (χ4n) is 1.36. The van der Waals surface area contributed by atoms with E-state index in [4.69, 9.17) is 0 Å². The lowest BCUT2D eigenvalue weighted by atomic mass is 10.4. The molecule has 0 saturated carbocycles. The molecule has 0 spiro atoms. The van der Waals surface area contributed by atoms with Crippen molar-refractivity contribution in [2.45, 2.75) is 4.21 Å². The zero-order valence-corrected chi connectivity index (χ0v) is 13.5. The molecule has 0 amide bonds. The molecule has 8 heteroatoms. The Hall–Kier alpha value is -1.12. The monoisotopic (exact) mass is 361 g/mol. The normalized spacial score (nSPS) is 11.3. The first-order valence-electron chi connectivity index (χ1n) is 5.30. The lowest BCUT2D eigenvalue weighted by Gasteiger charge is -2.11. The van der Waals surface area contributed by atoms with Crippen LogP contribution < -0.4 is 9.62 Å². The van der Waals surface area contributed by atoms with Crippen LogP contribution >= 0.6 is 27.3 Å². The van der Waals surface area contributed by atoms with Crippen LogP contribution in [-0.2, 0) is 10.0 Å². The van der Waals surface area contributed by atoms with Crippen LogP contribution in [0.1, 0.15) is 0 Å². The predicted octanol–water partition coefficient (Wildman–Crippen LogP) is 2.77. The Morgan fingerprint density at radius 3 is 2.47 bits per heavy atom. The van der Waals surface area contributed by atoms with Gasteiger partial charge in [-0.2, -0.15) is 0 Å². The topological polar surface area (TPSA) is 62.3 Å². The van der Waals surface area contributed by atoms with E-state index in [1.807, 2.05) is 19.0 Å². The van der Waals surface area contributed by atoms with Crippen LogP contribution in [0.15, 0.2) is 38.5 Å². The third-order valence-electron chi connectivity index (χ3n) is 2.27. The van der Waals surface area contributed by atoms with Gasteiger partial charge in [0.2, 0.25) is 0 Å². The smallest absolute Gasteiger partial charge is 0.271 e. The van der Waals surface area contributed by atoms with Crippen molar-refractivity contribution in [2.24, 2.45) is 0 Å². The van der Waals surface area contributed by atoms with Gasteiger partial charge in [0.05, 0.1) is 15.7 Å². The van der Waals surface area contributed by atoms with E-state index < -0.39 is 10.0 Å². The average Bonchev–Trinajstić information content (AvgIpc) is 2.77. The summed E-state index contributed by atoms with van der Waals surface area (Å²) in [6.07, 6.45) is 1.50. The first kappa shape index (κ1) is 14.3. The van der Waals surface area contributed by atoms with Crippen LogP contribution in [0.4, 0.5) is 11.5 Å². The Labute approximate surface area is 124 Å². The number of thiophene rings is 1. The molecule has 19 heavy (non-hydrogen) atoms. The molecule has 0 fully saturated rings. The van der Waals surface area contributed by atoms with Gasteiger partial charge in [-0.05, 0) is 40.2 Å². The highest BCUT2D eigenvalue weighted by Crippen LogP contribution is 2.27. The molecule has 2 heterocycles. The highest BCUT2D eigenvalue weighted by Gasteiger charge is 2.16. The number of halogens is 1. The number of rotatable bonds is 4. The Bertz CT molecular complexity index is 666. The summed E-state index contributed by atoms with van der Waals surface area (Å²) < 4.78 is 27.7. The van der Waals surface area contributed by atoms with Gasteiger partial charge in [0.15, 0.2) is 0 Å². The van der Waals surface area contributed by atoms with E-state index in [1.54, 1.807) is 24.3 Å². The third-order valence-corrected chi connectivity index (χ3v) is 5.77. The third kappa shape index (κ3) is 3.46. The summed E-state index contributed by atoms with van der Waals surface area (Å²) in [4.78, 5) is 6.00. The maximum atomic E-state index is 12.1. The molecular formula is C11H12BrN3O2S2. The zero-order chi connectivity index (χ0) is 14.0. The van der Waals surface area contributed by atoms with Gasteiger partial charge in [0, 0.05) is 14.1 Å². The summed E-state index contributed by atoms with van der Waals surface area (Å²) >= 11 is 4.40. The van der Waals surface area contributed by atoms with E-state index in [0.29, 0.717) is 5.69 Å². The van der Waals surface area contributed by atoms with Gasteiger partial charge in [-0.3, -0.25) is 4.72 Å². The zero-order valence-electron chi connectivity index (χ0n) is 10.3. The molecule has 5 nitrogen and oxygen atoms in total. The number of anilines is 2. The SMILES string of the molecule is CN(C)c1ccc(NS(=O)(=O)c2ccc(Br)s2)cn1. The van der Waals surface area contributed by atoms with Crippen LogP contribution in [0.3, 0.4) is 0 Å². The molecule has 0 aliphatic rings. The van der Waals surface area contributed by atoms with E-state index in [2.05, 4.69) is 25.6 Å². The Morgan fingerprint density at radius 2 is 2.00 bits per heavy atom. The molecule has 1 N–H and O–H groups in total. The molecule has 0 radical (unpaired) electrons. The Balaban J connectivity index is 2.21. The van der Waals surface area contributed by atoms with Crippen molar-refractivity contribution in [2.75, 3.05) is 23.7 Å². The lowest BCUT2D eigenvalue weighted by Crippen LogP contribution is -2.13. The van der Waals surface area contributed by atoms with Gasteiger partial charge in [-0.1, -0.05) is 0 Å². The summed E-state index contributed by atoms with van der Waals surface area (Å²) in [5, 5.41) is 0. The molecule has 2 aromatic rings. The van der Waals surface area contributed by atoms with Crippen molar-refractivity contribution in [3.05, 3.63) is 34.2 Å². The summed E-state index contributed by atoms with van der Waals surface area (Å²) in [7, 11) is 0.200. The van der Waals surface area contributed by atoms with Gasteiger partial charge in [0.1, 0.15) is 10.0 Å². The number of pyridine rings is 1. The molecule has 0 aliphatic heterocycles. The average molecular weight is 362 g/mol.